The summed E-state index contributed by atoms with van der Waals surface area (Å²) in [5, 5.41) is 8.81. The maximum Gasteiger partial charge on any atom is 0.131 e. The summed E-state index contributed by atoms with van der Waals surface area (Å²) in [4.78, 5) is 4.56. The van der Waals surface area contributed by atoms with E-state index in [1.807, 2.05) is 42.5 Å². The molecule has 0 spiro atoms. The Morgan fingerprint density at radius 1 is 0.806 bits per heavy atom. The number of halogens is 2. The van der Waals surface area contributed by atoms with Crippen molar-refractivity contribution in [2.45, 2.75) is 20.5 Å². The van der Waals surface area contributed by atoms with Crippen LogP contribution in [-0.2, 0) is 10.4 Å². The predicted octanol–water partition coefficient (Wildman–Crippen LogP) is 6.22. The van der Waals surface area contributed by atoms with E-state index in [2.05, 4.69) is 81.6 Å². The summed E-state index contributed by atoms with van der Waals surface area (Å²) in [6.07, 6.45) is 0. The molecule has 1 aliphatic rings. The van der Waals surface area contributed by atoms with Gasteiger partial charge < -0.3 is 14.4 Å². The molecule has 0 aliphatic carbocycles. The topological polar surface area (TPSA) is 58.0 Å². The van der Waals surface area contributed by atoms with Gasteiger partial charge in [-0.2, -0.15) is 3.84 Å². The minimum Gasteiger partial charge on any atom is -0.492 e. The molecule has 192 valence electrons. The van der Waals surface area contributed by atoms with Crippen LogP contribution in [0.15, 0.2) is 72.8 Å². The largest absolute Gasteiger partial charge is 0.492 e. The molecule has 3 aromatic carbocycles. The van der Waals surface area contributed by atoms with E-state index in [4.69, 9.17) is 14.9 Å². The van der Waals surface area contributed by atoms with Crippen LogP contribution in [0.1, 0.15) is 22.3 Å². The first-order chi connectivity index (χ1) is 17.5. The van der Waals surface area contributed by atoms with E-state index in [0.717, 1.165) is 55.3 Å². The van der Waals surface area contributed by atoms with Gasteiger partial charge in [-0.05, 0) is 42.7 Å². The minimum atomic E-state index is 0.499. The number of amidine groups is 1. The fourth-order valence-electron chi connectivity index (χ4n) is 4.19. The lowest BCUT2D eigenvalue weighted by Gasteiger charge is -2.36. The molecule has 8 heteroatoms. The summed E-state index contributed by atoms with van der Waals surface area (Å²) in [6.45, 7) is 9.76. The normalized spacial score (nSPS) is 13.5. The van der Waals surface area contributed by atoms with Gasteiger partial charge in [0, 0.05) is 32.7 Å². The molecule has 0 aromatic heterocycles. The summed E-state index contributed by atoms with van der Waals surface area (Å²) in [7, 11) is 0. The fourth-order valence-corrected chi connectivity index (χ4v) is 4.19. The third-order valence-electron chi connectivity index (χ3n) is 6.13. The van der Waals surface area contributed by atoms with E-state index in [0.29, 0.717) is 19.0 Å². The van der Waals surface area contributed by atoms with E-state index in [1.54, 1.807) is 0 Å². The van der Waals surface area contributed by atoms with Crippen LogP contribution in [0.2, 0.25) is 0 Å². The summed E-state index contributed by atoms with van der Waals surface area (Å²) < 4.78 is 15.3. The van der Waals surface area contributed by atoms with Crippen molar-refractivity contribution in [3.63, 3.8) is 0 Å². The molecule has 0 amide bonds. The lowest BCUT2D eigenvalue weighted by Crippen LogP contribution is -2.49. The molecule has 1 saturated heterocycles. The second-order valence-corrected chi connectivity index (χ2v) is 9.04. The molecule has 0 unspecified atom stereocenters. The second kappa shape index (κ2) is 14.7. The number of nitrogens with zero attached hydrogens (tertiary/aromatic N) is 2. The average molecular weight is 530 g/mol. The number of hydrogen-bond acceptors (Lipinski definition) is 5. The number of para-hydroxylation sites is 2. The quantitative estimate of drug-likeness (QED) is 0.277. The zero-order valence-electron chi connectivity index (χ0n) is 20.8. The van der Waals surface area contributed by atoms with Gasteiger partial charge in [0.2, 0.25) is 0 Å². The predicted molar refractivity (Wildman–Crippen MR) is 146 cm³/mol. The van der Waals surface area contributed by atoms with Crippen LogP contribution in [0.25, 0.3) is 0 Å². The Hall–Kier alpha value is -2.77. The summed E-state index contributed by atoms with van der Waals surface area (Å²) in [5.41, 5.74) is 4.33. The highest BCUT2D eigenvalue weighted by molar-refractivity contribution is 6.24. The Labute approximate surface area is 224 Å². The smallest absolute Gasteiger partial charge is 0.131 e. The van der Waals surface area contributed by atoms with Gasteiger partial charge in [-0.1, -0.05) is 60.7 Å². The third kappa shape index (κ3) is 8.14. The van der Waals surface area contributed by atoms with Crippen LogP contribution in [0.3, 0.4) is 0 Å². The van der Waals surface area contributed by atoms with Gasteiger partial charge in [0.15, 0.2) is 0 Å². The number of ether oxygens (including phenoxy) is 2. The highest BCUT2D eigenvalue weighted by Gasteiger charge is 2.22. The van der Waals surface area contributed by atoms with Gasteiger partial charge in [0.05, 0.1) is 29.3 Å². The van der Waals surface area contributed by atoms with Crippen LogP contribution in [0, 0.1) is 19.3 Å². The molecule has 0 bridgehead atoms. The number of piperazine rings is 1. The molecule has 0 saturated carbocycles. The average Bonchev–Trinajstić information content (AvgIpc) is 2.90. The van der Waals surface area contributed by atoms with Crippen LogP contribution < -0.4 is 9.47 Å². The van der Waals surface area contributed by atoms with Gasteiger partial charge in [0.25, 0.3) is 0 Å². The van der Waals surface area contributed by atoms with E-state index in [-0.39, 0.29) is 0 Å². The second-order valence-electron chi connectivity index (χ2n) is 8.58. The molecule has 0 radical (unpaired) electrons. The number of aryl methyl sites for hydroxylation is 2. The molecule has 1 N–H and O–H groups in total. The molecule has 1 fully saturated rings. The van der Waals surface area contributed by atoms with E-state index in [9.17, 15) is 0 Å². The van der Waals surface area contributed by atoms with Gasteiger partial charge in [-0.25, -0.2) is 0 Å². The molecule has 36 heavy (non-hydrogen) atoms. The van der Waals surface area contributed by atoms with Crippen molar-refractivity contribution < 1.29 is 13.3 Å². The number of rotatable bonds is 8. The van der Waals surface area contributed by atoms with Crippen molar-refractivity contribution in [2.75, 3.05) is 39.3 Å². The Balaban J connectivity index is 0.00000115. The Bertz CT molecular complexity index is 1070. The Morgan fingerprint density at radius 3 is 2.08 bits per heavy atom. The zero-order chi connectivity index (χ0) is 25.8. The van der Waals surface area contributed by atoms with Gasteiger partial charge >= 0.3 is 0 Å². The van der Waals surface area contributed by atoms with Gasteiger partial charge in [-0.15, -0.1) is 0 Å². The van der Waals surface area contributed by atoms with Gasteiger partial charge in [-0.3, -0.25) is 10.3 Å². The standard InChI is InChI=1S/C28H33N3O2.Cl2O/c1-22-9-8-10-23(2)27(22)32-20-19-30-15-17-31(18-16-30)28(29)25-13-6-7-14-26(25)33-21-24-11-4-3-5-12-24;1-3-2/h3-14,29H,15-21H2,1-2H3;. The molecule has 0 atom stereocenters. The molecule has 4 rings (SSSR count). The Kier molecular flexibility index (Phi) is 11.4. The SMILES string of the molecule is Cc1cccc(C)c1OCCN1CCN(C(=N)c2ccccc2OCc2ccccc2)CC1.ClOCl. The molecule has 3 aromatic rings. The van der Waals surface area contributed by atoms with Crippen molar-refractivity contribution in [3.8, 4) is 11.5 Å². The summed E-state index contributed by atoms with van der Waals surface area (Å²) in [6, 6.07) is 24.3. The van der Waals surface area contributed by atoms with Gasteiger partial charge in [0.1, 0.15) is 30.5 Å². The number of benzene rings is 3. The molecular formula is C28H33Cl2N3O3. The monoisotopic (exact) mass is 529 g/mol. The molecule has 1 aliphatic heterocycles. The maximum absolute atomic E-state index is 8.81. The fraction of sp³-hybridized carbons (Fsp3) is 0.321. The van der Waals surface area contributed by atoms with E-state index in [1.165, 1.54) is 11.1 Å². The third-order valence-corrected chi connectivity index (χ3v) is 6.13. The number of hydrogen-bond donors (Lipinski definition) is 1. The van der Waals surface area contributed by atoms with E-state index >= 15 is 0 Å². The lowest BCUT2D eigenvalue weighted by molar-refractivity contribution is 0.153. The molecule has 6 nitrogen and oxygen atoms in total. The van der Waals surface area contributed by atoms with Crippen molar-refractivity contribution in [2.24, 2.45) is 0 Å². The number of nitrogens with one attached hydrogen (secondary N) is 1. The van der Waals surface area contributed by atoms with Crippen molar-refractivity contribution in [3.05, 3.63) is 95.1 Å². The summed E-state index contributed by atoms with van der Waals surface area (Å²) >= 11 is 8.53. The first-order valence-electron chi connectivity index (χ1n) is 11.9. The van der Waals surface area contributed by atoms with Crippen LogP contribution in [-0.4, -0.2) is 55.0 Å². The Morgan fingerprint density at radius 2 is 1.42 bits per heavy atom. The maximum atomic E-state index is 8.81. The van der Waals surface area contributed by atoms with Crippen LogP contribution >= 0.6 is 23.7 Å². The zero-order valence-corrected chi connectivity index (χ0v) is 22.3. The first-order valence-corrected chi connectivity index (χ1v) is 12.6. The highest BCUT2D eigenvalue weighted by Crippen LogP contribution is 2.23. The lowest BCUT2D eigenvalue weighted by atomic mass is 10.1. The molecule has 1 heterocycles. The van der Waals surface area contributed by atoms with E-state index < -0.39 is 0 Å². The highest BCUT2D eigenvalue weighted by atomic mass is 35.6. The van der Waals surface area contributed by atoms with Crippen LogP contribution in [0.4, 0.5) is 0 Å². The summed E-state index contributed by atoms with van der Waals surface area (Å²) in [5.74, 6) is 2.30. The van der Waals surface area contributed by atoms with Crippen molar-refractivity contribution in [1.29, 1.82) is 5.41 Å². The minimum absolute atomic E-state index is 0.499. The van der Waals surface area contributed by atoms with Crippen LogP contribution in [0.5, 0.6) is 11.5 Å². The molecular weight excluding hydrogens is 497 g/mol. The van der Waals surface area contributed by atoms with Crippen molar-refractivity contribution >= 4 is 29.6 Å². The first kappa shape index (κ1) is 27.8. The van der Waals surface area contributed by atoms with Crippen molar-refractivity contribution in [1.82, 2.24) is 9.80 Å².